The van der Waals surface area contributed by atoms with Gasteiger partial charge >= 0.3 is 21.2 Å². The Labute approximate surface area is 165 Å². The highest BCUT2D eigenvalue weighted by Crippen LogP contribution is 2.08. The summed E-state index contributed by atoms with van der Waals surface area (Å²) in [5.74, 6) is 3.19. The van der Waals surface area contributed by atoms with Crippen LogP contribution in [0.25, 0.3) is 0 Å². The molecule has 0 amide bonds. The van der Waals surface area contributed by atoms with Crippen molar-refractivity contribution in [1.29, 1.82) is 0 Å². The Hall–Kier alpha value is -2.14. The summed E-state index contributed by atoms with van der Waals surface area (Å²) in [4.78, 5) is -0.178. The van der Waals surface area contributed by atoms with E-state index in [0.717, 1.165) is 11.1 Å². The van der Waals surface area contributed by atoms with Crippen molar-refractivity contribution in [2.75, 3.05) is 0 Å². The van der Waals surface area contributed by atoms with E-state index in [2.05, 4.69) is 34.1 Å². The van der Waals surface area contributed by atoms with Crippen molar-refractivity contribution in [3.8, 4) is 9.85 Å². The molecule has 0 spiro atoms. The molecule has 0 atom stereocenters. The normalized spacial score (nSPS) is 10.1. The van der Waals surface area contributed by atoms with E-state index in [4.69, 9.17) is 0 Å². The van der Waals surface area contributed by atoms with Crippen LogP contribution in [0.1, 0.15) is 11.1 Å². The predicted octanol–water partition coefficient (Wildman–Crippen LogP) is 0.854. The third-order valence-electron chi connectivity index (χ3n) is 3.16. The van der Waals surface area contributed by atoms with Gasteiger partial charge in [-0.25, -0.2) is 8.42 Å². The number of hydrogen-bond acceptors (Lipinski definition) is 3. The first-order chi connectivity index (χ1) is 12.4. The molecule has 0 aliphatic carbocycles. The molecule has 0 saturated heterocycles. The van der Waals surface area contributed by atoms with Crippen LogP contribution in [0.2, 0.25) is 0 Å². The first kappa shape index (κ1) is 20.2. The van der Waals surface area contributed by atoms with Crippen LogP contribution in [0.5, 0.6) is 0 Å². The SMILES string of the molecule is C(#Cc1ccccc1)[I+]c1ccccc1.Cc1ccc(S(=O)(=O)[O-])cc1. The smallest absolute Gasteiger partial charge is 0.420 e. The average molecular weight is 476 g/mol. The highest BCUT2D eigenvalue weighted by molar-refractivity contribution is 7.85. The minimum Gasteiger partial charge on any atom is -0.744 e. The Balaban J connectivity index is 0.000000197. The third kappa shape index (κ3) is 7.40. The zero-order valence-electron chi connectivity index (χ0n) is 14.1. The molecule has 0 unspecified atom stereocenters. The molecule has 3 rings (SSSR count). The molecule has 0 radical (unpaired) electrons. The van der Waals surface area contributed by atoms with E-state index in [1.165, 1.54) is 15.7 Å². The summed E-state index contributed by atoms with van der Waals surface area (Å²) in [5.41, 5.74) is 2.03. The molecule has 0 aromatic heterocycles. The summed E-state index contributed by atoms with van der Waals surface area (Å²) in [5, 5.41) is 0. The van der Waals surface area contributed by atoms with Crippen molar-refractivity contribution >= 4 is 10.1 Å². The third-order valence-corrected chi connectivity index (χ3v) is 5.90. The molecule has 0 aliphatic rings. The lowest BCUT2D eigenvalue weighted by Gasteiger charge is -2.05. The van der Waals surface area contributed by atoms with Crippen LogP contribution < -0.4 is 21.2 Å². The van der Waals surface area contributed by atoms with Crippen molar-refractivity contribution in [2.45, 2.75) is 11.8 Å². The molecule has 0 N–H and O–H groups in total. The molecule has 132 valence electrons. The quantitative estimate of drug-likeness (QED) is 0.313. The lowest BCUT2D eigenvalue weighted by Crippen LogP contribution is -3.59. The van der Waals surface area contributed by atoms with E-state index >= 15 is 0 Å². The van der Waals surface area contributed by atoms with E-state index in [1.807, 2.05) is 43.3 Å². The van der Waals surface area contributed by atoms with Crippen molar-refractivity contribution in [2.24, 2.45) is 0 Å². The fourth-order valence-corrected chi connectivity index (χ4v) is 3.84. The van der Waals surface area contributed by atoms with Gasteiger partial charge in [0.25, 0.3) is 0 Å². The van der Waals surface area contributed by atoms with Gasteiger partial charge in [-0.15, -0.1) is 0 Å². The molecule has 0 aliphatic heterocycles. The Bertz CT molecular complexity index is 972. The van der Waals surface area contributed by atoms with E-state index in [9.17, 15) is 13.0 Å². The van der Waals surface area contributed by atoms with E-state index < -0.39 is 10.1 Å². The van der Waals surface area contributed by atoms with Crippen LogP contribution in [0.15, 0.2) is 89.8 Å². The van der Waals surface area contributed by atoms with Crippen LogP contribution in [-0.2, 0) is 10.1 Å². The fraction of sp³-hybridized carbons (Fsp3) is 0.0476. The summed E-state index contributed by atoms with van der Waals surface area (Å²) in [6.07, 6.45) is 0. The number of aryl methyl sites for hydroxylation is 1. The van der Waals surface area contributed by atoms with Gasteiger partial charge in [-0.05, 0) is 49.2 Å². The largest absolute Gasteiger partial charge is 0.744 e. The van der Waals surface area contributed by atoms with Gasteiger partial charge < -0.3 is 4.55 Å². The first-order valence-corrected chi connectivity index (χ1v) is 11.3. The van der Waals surface area contributed by atoms with Crippen molar-refractivity contribution in [3.05, 3.63) is 99.6 Å². The second-order valence-electron chi connectivity index (χ2n) is 5.24. The average Bonchev–Trinajstić information content (AvgIpc) is 2.64. The maximum Gasteiger partial charge on any atom is 0.420 e. The number of benzene rings is 3. The summed E-state index contributed by atoms with van der Waals surface area (Å²) in [7, 11) is -4.27. The molecule has 3 aromatic carbocycles. The summed E-state index contributed by atoms with van der Waals surface area (Å²) >= 11 is -0.160. The molecular formula is C21H17IO3S. The number of rotatable bonds is 2. The van der Waals surface area contributed by atoms with Crippen molar-refractivity contribution in [3.63, 3.8) is 0 Å². The minimum absolute atomic E-state index is 0.160. The van der Waals surface area contributed by atoms with E-state index in [1.54, 1.807) is 12.1 Å². The molecule has 3 nitrogen and oxygen atoms in total. The molecule has 3 aromatic rings. The summed E-state index contributed by atoms with van der Waals surface area (Å²) < 4.78 is 35.8. The van der Waals surface area contributed by atoms with Crippen LogP contribution in [-0.4, -0.2) is 13.0 Å². The molecule has 0 fully saturated rings. The van der Waals surface area contributed by atoms with Crippen LogP contribution >= 0.6 is 0 Å². The van der Waals surface area contributed by atoms with Gasteiger partial charge in [-0.1, -0.05) is 54.1 Å². The van der Waals surface area contributed by atoms with E-state index in [0.29, 0.717) is 0 Å². The van der Waals surface area contributed by atoms with Crippen molar-refractivity contribution in [1.82, 2.24) is 0 Å². The van der Waals surface area contributed by atoms with E-state index in [-0.39, 0.29) is 26.1 Å². The maximum atomic E-state index is 10.4. The Morgan fingerprint density at radius 3 is 1.88 bits per heavy atom. The van der Waals surface area contributed by atoms with Gasteiger partial charge in [0.2, 0.25) is 3.57 Å². The lowest BCUT2D eigenvalue weighted by molar-refractivity contribution is -0.535. The zero-order valence-corrected chi connectivity index (χ0v) is 17.1. The lowest BCUT2D eigenvalue weighted by atomic mass is 10.2. The zero-order chi connectivity index (χ0) is 18.8. The fourth-order valence-electron chi connectivity index (χ4n) is 1.84. The standard InChI is InChI=1S/C14H10I.C7H8O3S/c1-3-7-13(8-4-1)11-12-15-14-9-5-2-6-10-14;1-6-2-4-7(5-3-6)11(8,9)10/h1-10H;2-5H,1H3,(H,8,9,10)/q+1;/p-1. The van der Waals surface area contributed by atoms with Gasteiger partial charge in [0.1, 0.15) is 10.1 Å². The van der Waals surface area contributed by atoms with Crippen LogP contribution in [0.3, 0.4) is 0 Å². The number of halogens is 1. The molecule has 0 heterocycles. The van der Waals surface area contributed by atoms with Gasteiger partial charge in [0.05, 0.1) is 4.90 Å². The number of hydrogen-bond donors (Lipinski definition) is 0. The highest BCUT2D eigenvalue weighted by Gasteiger charge is 2.05. The Kier molecular flexibility index (Phi) is 7.85. The second kappa shape index (κ2) is 10.1. The second-order valence-corrected chi connectivity index (χ2v) is 8.95. The summed E-state index contributed by atoms with van der Waals surface area (Å²) in [6, 6.07) is 26.4. The van der Waals surface area contributed by atoms with Gasteiger partial charge in [-0.2, -0.15) is 0 Å². The predicted molar refractivity (Wildman–Crippen MR) is 97.6 cm³/mol. The topological polar surface area (TPSA) is 57.2 Å². The van der Waals surface area contributed by atoms with Gasteiger partial charge in [-0.3, -0.25) is 0 Å². The highest BCUT2D eigenvalue weighted by atomic mass is 127. The Morgan fingerprint density at radius 2 is 1.35 bits per heavy atom. The molecule has 0 saturated carbocycles. The van der Waals surface area contributed by atoms with Crippen LogP contribution in [0.4, 0.5) is 0 Å². The monoisotopic (exact) mass is 476 g/mol. The van der Waals surface area contributed by atoms with Crippen molar-refractivity contribution < 1.29 is 34.2 Å². The molecule has 5 heteroatoms. The molecule has 26 heavy (non-hydrogen) atoms. The molecule has 0 bridgehead atoms. The molecular weight excluding hydrogens is 459 g/mol. The van der Waals surface area contributed by atoms with Crippen LogP contribution in [0, 0.1) is 20.3 Å². The maximum absolute atomic E-state index is 10.4. The van der Waals surface area contributed by atoms with Gasteiger partial charge in [0.15, 0.2) is 3.93 Å². The summed E-state index contributed by atoms with van der Waals surface area (Å²) in [6.45, 7) is 1.82. The minimum atomic E-state index is -4.27. The van der Waals surface area contributed by atoms with Gasteiger partial charge in [0, 0.05) is 5.56 Å². The Morgan fingerprint density at radius 1 is 0.808 bits per heavy atom. The first-order valence-electron chi connectivity index (χ1n) is 7.72.